The number of ether oxygens (including phenoxy) is 1. The lowest BCUT2D eigenvalue weighted by Gasteiger charge is -2.19. The first-order valence-corrected chi connectivity index (χ1v) is 8.64. The van der Waals surface area contributed by atoms with Crippen LogP contribution in [0.3, 0.4) is 0 Å². The Kier molecular flexibility index (Phi) is 4.61. The first kappa shape index (κ1) is 15.9. The van der Waals surface area contributed by atoms with Crippen LogP contribution in [0.4, 0.5) is 10.5 Å². The molecule has 0 bridgehead atoms. The van der Waals surface area contributed by atoms with Crippen LogP contribution in [-0.2, 0) is 4.79 Å². The third kappa shape index (κ3) is 3.08. The number of carbonyl (C=O) groups is 2. The van der Waals surface area contributed by atoms with Crippen molar-refractivity contribution in [2.45, 2.75) is 19.8 Å². The summed E-state index contributed by atoms with van der Waals surface area (Å²) in [7, 11) is 1.62. The monoisotopic (exact) mass is 332 g/mol. The van der Waals surface area contributed by atoms with Crippen LogP contribution in [0.5, 0.6) is 5.75 Å². The number of hydrogen-bond donors (Lipinski definition) is 0. The Labute approximate surface area is 140 Å². The van der Waals surface area contributed by atoms with Gasteiger partial charge in [-0.25, -0.2) is 0 Å². The van der Waals surface area contributed by atoms with E-state index in [2.05, 4.69) is 4.90 Å². The number of thioether (sulfide) groups is 1. The molecule has 122 valence electrons. The van der Waals surface area contributed by atoms with Gasteiger partial charge in [0.15, 0.2) is 0 Å². The standard InChI is InChI=1S/C17H20N2O3S/c1-3-19-16(20)15(23-17(19)21)10-12-6-7-13(11-14(12)22-2)18-8-4-5-9-18/h6-7,10-11H,3-5,8-9H2,1-2H3/b15-10+. The first-order valence-electron chi connectivity index (χ1n) is 7.82. The minimum atomic E-state index is -0.229. The maximum absolute atomic E-state index is 12.2. The molecule has 2 amide bonds. The Morgan fingerprint density at radius 1 is 1.26 bits per heavy atom. The molecule has 0 spiro atoms. The van der Waals surface area contributed by atoms with Crippen molar-refractivity contribution in [3.8, 4) is 5.75 Å². The zero-order valence-corrected chi connectivity index (χ0v) is 14.2. The number of anilines is 1. The minimum absolute atomic E-state index is 0.212. The predicted molar refractivity (Wildman–Crippen MR) is 92.8 cm³/mol. The largest absolute Gasteiger partial charge is 0.496 e. The van der Waals surface area contributed by atoms with Crippen molar-refractivity contribution in [2.75, 3.05) is 31.6 Å². The zero-order chi connectivity index (χ0) is 16.4. The van der Waals surface area contributed by atoms with Gasteiger partial charge in [0.2, 0.25) is 0 Å². The van der Waals surface area contributed by atoms with E-state index in [1.807, 2.05) is 18.2 Å². The highest BCUT2D eigenvalue weighted by atomic mass is 32.2. The van der Waals surface area contributed by atoms with Crippen LogP contribution in [0.2, 0.25) is 0 Å². The number of hydrogen-bond acceptors (Lipinski definition) is 5. The van der Waals surface area contributed by atoms with Crippen molar-refractivity contribution >= 4 is 34.7 Å². The molecule has 1 aromatic carbocycles. The third-order valence-corrected chi connectivity index (χ3v) is 5.07. The van der Waals surface area contributed by atoms with Crippen molar-refractivity contribution in [1.82, 2.24) is 4.90 Å². The van der Waals surface area contributed by atoms with Gasteiger partial charge in [-0.3, -0.25) is 14.5 Å². The molecular formula is C17H20N2O3S. The fourth-order valence-corrected chi connectivity index (χ4v) is 3.80. The van der Waals surface area contributed by atoms with E-state index in [4.69, 9.17) is 4.74 Å². The minimum Gasteiger partial charge on any atom is -0.496 e. The van der Waals surface area contributed by atoms with E-state index in [0.29, 0.717) is 11.4 Å². The Morgan fingerprint density at radius 3 is 2.61 bits per heavy atom. The smallest absolute Gasteiger partial charge is 0.293 e. The average molecular weight is 332 g/mol. The molecule has 2 heterocycles. The summed E-state index contributed by atoms with van der Waals surface area (Å²) in [5.74, 6) is 0.492. The lowest BCUT2D eigenvalue weighted by atomic mass is 10.1. The van der Waals surface area contributed by atoms with Crippen LogP contribution in [0.25, 0.3) is 6.08 Å². The number of amides is 2. The topological polar surface area (TPSA) is 49.9 Å². The molecule has 0 atom stereocenters. The summed E-state index contributed by atoms with van der Waals surface area (Å²) >= 11 is 0.982. The van der Waals surface area contributed by atoms with Crippen LogP contribution in [0.1, 0.15) is 25.3 Å². The average Bonchev–Trinajstić information content (AvgIpc) is 3.17. The normalized spacial score (nSPS) is 20.0. The number of nitrogens with zero attached hydrogens (tertiary/aromatic N) is 2. The summed E-state index contributed by atoms with van der Waals surface area (Å²) in [6.45, 7) is 4.33. The lowest BCUT2D eigenvalue weighted by Crippen LogP contribution is -2.27. The van der Waals surface area contributed by atoms with E-state index in [-0.39, 0.29) is 11.1 Å². The van der Waals surface area contributed by atoms with Gasteiger partial charge in [0.05, 0.1) is 12.0 Å². The van der Waals surface area contributed by atoms with Gasteiger partial charge >= 0.3 is 0 Å². The van der Waals surface area contributed by atoms with Gasteiger partial charge in [-0.1, -0.05) is 0 Å². The van der Waals surface area contributed by atoms with E-state index in [0.717, 1.165) is 41.9 Å². The summed E-state index contributed by atoms with van der Waals surface area (Å²) in [6, 6.07) is 6.00. The molecule has 6 heteroatoms. The Hall–Kier alpha value is -1.95. The molecule has 0 saturated carbocycles. The molecule has 2 saturated heterocycles. The molecular weight excluding hydrogens is 312 g/mol. The number of methoxy groups -OCH3 is 1. The highest BCUT2D eigenvalue weighted by molar-refractivity contribution is 8.18. The van der Waals surface area contributed by atoms with E-state index in [9.17, 15) is 9.59 Å². The SMILES string of the molecule is CCN1C(=O)S/C(=C/c2ccc(N3CCCC3)cc2OC)C1=O. The van der Waals surface area contributed by atoms with Crippen molar-refractivity contribution in [3.05, 3.63) is 28.7 Å². The molecule has 0 N–H and O–H groups in total. The molecule has 5 nitrogen and oxygen atoms in total. The summed E-state index contributed by atoms with van der Waals surface area (Å²) in [5, 5.41) is -0.212. The first-order chi connectivity index (χ1) is 11.1. The molecule has 0 radical (unpaired) electrons. The zero-order valence-electron chi connectivity index (χ0n) is 13.4. The maximum Gasteiger partial charge on any atom is 0.293 e. The molecule has 23 heavy (non-hydrogen) atoms. The maximum atomic E-state index is 12.2. The summed E-state index contributed by atoms with van der Waals surface area (Å²) in [5.41, 5.74) is 1.95. The van der Waals surface area contributed by atoms with Gasteiger partial charge in [-0.2, -0.15) is 0 Å². The quantitative estimate of drug-likeness (QED) is 0.792. The van der Waals surface area contributed by atoms with Gasteiger partial charge in [-0.05, 0) is 49.7 Å². The Bertz CT molecular complexity index is 666. The second-order valence-electron chi connectivity index (χ2n) is 5.55. The number of carbonyl (C=O) groups excluding carboxylic acids is 2. The van der Waals surface area contributed by atoms with E-state index in [1.54, 1.807) is 20.1 Å². The third-order valence-electron chi connectivity index (χ3n) is 4.16. The second-order valence-corrected chi connectivity index (χ2v) is 6.54. The van der Waals surface area contributed by atoms with Crippen LogP contribution in [0.15, 0.2) is 23.1 Å². The molecule has 0 unspecified atom stereocenters. The molecule has 0 aliphatic carbocycles. The van der Waals surface area contributed by atoms with Gasteiger partial charge in [0, 0.05) is 37.0 Å². The molecule has 2 aliphatic rings. The lowest BCUT2D eigenvalue weighted by molar-refractivity contribution is -0.122. The van der Waals surface area contributed by atoms with E-state index >= 15 is 0 Å². The van der Waals surface area contributed by atoms with E-state index in [1.165, 1.54) is 17.7 Å². The van der Waals surface area contributed by atoms with Crippen LogP contribution >= 0.6 is 11.8 Å². The van der Waals surface area contributed by atoms with Gasteiger partial charge in [0.1, 0.15) is 5.75 Å². The van der Waals surface area contributed by atoms with Gasteiger partial charge in [0.25, 0.3) is 11.1 Å². The van der Waals surface area contributed by atoms with E-state index < -0.39 is 0 Å². The van der Waals surface area contributed by atoms with Crippen molar-refractivity contribution in [1.29, 1.82) is 0 Å². The Morgan fingerprint density at radius 2 is 2.00 bits per heavy atom. The second kappa shape index (κ2) is 6.66. The molecule has 0 aromatic heterocycles. The number of rotatable bonds is 4. The predicted octanol–water partition coefficient (Wildman–Crippen LogP) is 3.35. The van der Waals surface area contributed by atoms with Gasteiger partial charge < -0.3 is 9.64 Å². The van der Waals surface area contributed by atoms with Crippen LogP contribution in [-0.4, -0.2) is 42.8 Å². The van der Waals surface area contributed by atoms with Crippen molar-refractivity contribution in [2.24, 2.45) is 0 Å². The number of imide groups is 1. The summed E-state index contributed by atoms with van der Waals surface area (Å²) in [4.78, 5) is 28.0. The fourth-order valence-electron chi connectivity index (χ4n) is 2.90. The molecule has 1 aromatic rings. The number of likely N-dealkylation sites (N-methyl/N-ethyl adjacent to an activating group) is 1. The highest BCUT2D eigenvalue weighted by Gasteiger charge is 2.33. The molecule has 2 aliphatic heterocycles. The summed E-state index contributed by atoms with van der Waals surface area (Å²) < 4.78 is 5.48. The summed E-state index contributed by atoms with van der Waals surface area (Å²) in [6.07, 6.45) is 4.18. The molecule has 2 fully saturated rings. The number of benzene rings is 1. The Balaban J connectivity index is 1.89. The van der Waals surface area contributed by atoms with Crippen molar-refractivity contribution in [3.63, 3.8) is 0 Å². The fraction of sp³-hybridized carbons (Fsp3) is 0.412. The van der Waals surface area contributed by atoms with Gasteiger partial charge in [-0.15, -0.1) is 0 Å². The van der Waals surface area contributed by atoms with Crippen LogP contribution < -0.4 is 9.64 Å². The molecule has 3 rings (SSSR count). The highest BCUT2D eigenvalue weighted by Crippen LogP contribution is 2.35. The van der Waals surface area contributed by atoms with Crippen molar-refractivity contribution < 1.29 is 14.3 Å². The van der Waals surface area contributed by atoms with Crippen LogP contribution in [0, 0.1) is 0 Å².